The third-order valence-electron chi connectivity index (χ3n) is 5.67. The van der Waals surface area contributed by atoms with E-state index in [-0.39, 0.29) is 5.91 Å². The van der Waals surface area contributed by atoms with Gasteiger partial charge in [0.25, 0.3) is 5.91 Å². The molecule has 0 N–H and O–H groups in total. The number of hydrogen-bond donors (Lipinski definition) is 0. The fourth-order valence-corrected chi connectivity index (χ4v) is 4.90. The van der Waals surface area contributed by atoms with Crippen LogP contribution in [0.2, 0.25) is 0 Å². The SMILES string of the molecule is COc1ccc(C)c2sc(N(Cc3ccccn3)C(=O)c3ccc(-c4ccccc4)cc3)nc12. The van der Waals surface area contributed by atoms with Crippen LogP contribution in [0.25, 0.3) is 21.3 Å². The van der Waals surface area contributed by atoms with E-state index in [1.54, 1.807) is 18.2 Å². The quantitative estimate of drug-likeness (QED) is 0.286. The van der Waals surface area contributed by atoms with Gasteiger partial charge in [0, 0.05) is 11.8 Å². The number of amides is 1. The molecule has 0 fully saturated rings. The van der Waals surface area contributed by atoms with Gasteiger partial charge in [-0.1, -0.05) is 65.9 Å². The van der Waals surface area contributed by atoms with Gasteiger partial charge in [-0.15, -0.1) is 0 Å². The van der Waals surface area contributed by atoms with Crippen molar-refractivity contribution in [3.8, 4) is 16.9 Å². The number of hydrogen-bond acceptors (Lipinski definition) is 5. The van der Waals surface area contributed by atoms with Crippen molar-refractivity contribution in [3.05, 3.63) is 108 Å². The fourth-order valence-electron chi connectivity index (χ4n) is 3.85. The summed E-state index contributed by atoms with van der Waals surface area (Å²) in [5.41, 5.74) is 5.42. The van der Waals surface area contributed by atoms with Gasteiger partial charge in [-0.25, -0.2) is 4.98 Å². The molecule has 0 aliphatic carbocycles. The second-order valence-corrected chi connectivity index (χ2v) is 8.89. The minimum absolute atomic E-state index is 0.124. The van der Waals surface area contributed by atoms with Gasteiger partial charge in [0.1, 0.15) is 11.3 Å². The maximum atomic E-state index is 13.7. The Bertz CT molecular complexity index is 1430. The van der Waals surface area contributed by atoms with Gasteiger partial charge >= 0.3 is 0 Å². The predicted molar refractivity (Wildman–Crippen MR) is 138 cm³/mol. The summed E-state index contributed by atoms with van der Waals surface area (Å²) in [5.74, 6) is 0.571. The average molecular weight is 466 g/mol. The summed E-state index contributed by atoms with van der Waals surface area (Å²) in [6.07, 6.45) is 1.73. The Morgan fingerprint density at radius 3 is 2.35 bits per heavy atom. The molecule has 0 unspecified atom stereocenters. The van der Waals surface area contributed by atoms with Crippen molar-refractivity contribution in [3.63, 3.8) is 0 Å². The lowest BCUT2D eigenvalue weighted by Gasteiger charge is -2.20. The molecule has 5 aromatic rings. The molecule has 0 aliphatic rings. The summed E-state index contributed by atoms with van der Waals surface area (Å²) in [6.45, 7) is 2.36. The molecule has 5 rings (SSSR count). The monoisotopic (exact) mass is 465 g/mol. The zero-order valence-corrected chi connectivity index (χ0v) is 19.8. The van der Waals surface area contributed by atoms with Crippen LogP contribution in [0.15, 0.2) is 91.1 Å². The number of thiazole rings is 1. The lowest BCUT2D eigenvalue weighted by molar-refractivity contribution is 0.0985. The number of pyridine rings is 1. The van der Waals surface area contributed by atoms with Gasteiger partial charge in [0.15, 0.2) is 5.13 Å². The van der Waals surface area contributed by atoms with Crippen LogP contribution in [-0.4, -0.2) is 23.0 Å². The van der Waals surface area contributed by atoms with Crippen molar-refractivity contribution < 1.29 is 9.53 Å². The summed E-state index contributed by atoms with van der Waals surface area (Å²) in [7, 11) is 1.63. The van der Waals surface area contributed by atoms with Crippen molar-refractivity contribution in [2.24, 2.45) is 0 Å². The average Bonchev–Trinajstić information content (AvgIpc) is 3.35. The molecule has 1 amide bonds. The van der Waals surface area contributed by atoms with Gasteiger partial charge in [0.05, 0.1) is 24.0 Å². The number of fused-ring (bicyclic) bond motifs is 1. The molecule has 34 heavy (non-hydrogen) atoms. The number of nitrogens with zero attached hydrogens (tertiary/aromatic N) is 3. The van der Waals surface area contributed by atoms with Crippen LogP contribution in [0.1, 0.15) is 21.6 Å². The molecule has 0 aliphatic heterocycles. The molecule has 2 aromatic heterocycles. The number of carbonyl (C=O) groups is 1. The fraction of sp³-hybridized carbons (Fsp3) is 0.107. The van der Waals surface area contributed by atoms with Gasteiger partial charge in [-0.3, -0.25) is 14.7 Å². The second kappa shape index (κ2) is 9.45. The highest BCUT2D eigenvalue weighted by molar-refractivity contribution is 7.22. The van der Waals surface area contributed by atoms with E-state index in [9.17, 15) is 4.79 Å². The van der Waals surface area contributed by atoms with E-state index in [0.717, 1.165) is 32.6 Å². The summed E-state index contributed by atoms with van der Waals surface area (Å²) in [6, 6.07) is 27.4. The molecule has 3 aromatic carbocycles. The highest BCUT2D eigenvalue weighted by atomic mass is 32.1. The van der Waals surface area contributed by atoms with Gasteiger partial charge in [-0.2, -0.15) is 0 Å². The van der Waals surface area contributed by atoms with E-state index >= 15 is 0 Å². The van der Waals surface area contributed by atoms with E-state index in [1.807, 2.05) is 79.7 Å². The van der Waals surface area contributed by atoms with Crippen LogP contribution in [0.5, 0.6) is 5.75 Å². The van der Waals surface area contributed by atoms with Crippen LogP contribution < -0.4 is 9.64 Å². The van der Waals surface area contributed by atoms with E-state index < -0.39 is 0 Å². The lowest BCUT2D eigenvalue weighted by Crippen LogP contribution is -2.30. The number of aryl methyl sites for hydroxylation is 1. The Kier molecular flexibility index (Phi) is 6.06. The maximum Gasteiger partial charge on any atom is 0.260 e. The minimum atomic E-state index is -0.124. The number of benzene rings is 3. The van der Waals surface area contributed by atoms with Crippen LogP contribution in [0.3, 0.4) is 0 Å². The topological polar surface area (TPSA) is 55.3 Å². The van der Waals surface area contributed by atoms with Crippen LogP contribution in [0.4, 0.5) is 5.13 Å². The van der Waals surface area contributed by atoms with Crippen molar-refractivity contribution in [2.45, 2.75) is 13.5 Å². The molecule has 2 heterocycles. The molecular weight excluding hydrogens is 442 g/mol. The predicted octanol–water partition coefficient (Wildman–Crippen LogP) is 6.52. The molecule has 0 atom stereocenters. The Morgan fingerprint density at radius 1 is 0.912 bits per heavy atom. The summed E-state index contributed by atoms with van der Waals surface area (Å²) in [5, 5.41) is 0.616. The summed E-state index contributed by atoms with van der Waals surface area (Å²) in [4.78, 5) is 24.7. The van der Waals surface area contributed by atoms with E-state index in [1.165, 1.54) is 11.3 Å². The van der Waals surface area contributed by atoms with Gasteiger partial charge in [-0.05, 0) is 53.9 Å². The Balaban J connectivity index is 1.54. The van der Waals surface area contributed by atoms with E-state index in [2.05, 4.69) is 17.1 Å². The third-order valence-corrected chi connectivity index (χ3v) is 6.89. The molecule has 6 heteroatoms. The standard InChI is InChI=1S/C28H23N3O2S/c1-19-11-16-24(33-2)25-26(19)34-28(30-25)31(18-23-10-6-7-17-29-23)27(32)22-14-12-21(13-15-22)20-8-4-3-5-9-20/h3-17H,18H2,1-2H3. The highest BCUT2D eigenvalue weighted by Gasteiger charge is 2.23. The largest absolute Gasteiger partial charge is 0.494 e. The van der Waals surface area contributed by atoms with Crippen LogP contribution >= 0.6 is 11.3 Å². The Hall–Kier alpha value is -4.03. The summed E-state index contributed by atoms with van der Waals surface area (Å²) < 4.78 is 6.53. The first-order valence-corrected chi connectivity index (χ1v) is 11.8. The van der Waals surface area contributed by atoms with Crippen molar-refractivity contribution in [1.29, 1.82) is 0 Å². The Morgan fingerprint density at radius 2 is 1.65 bits per heavy atom. The number of aromatic nitrogens is 2. The molecule has 0 bridgehead atoms. The Labute approximate surface area is 202 Å². The smallest absolute Gasteiger partial charge is 0.260 e. The van der Waals surface area contributed by atoms with Crippen LogP contribution in [0, 0.1) is 6.92 Å². The number of ether oxygens (including phenoxy) is 1. The van der Waals surface area contributed by atoms with Crippen LogP contribution in [-0.2, 0) is 6.54 Å². The lowest BCUT2D eigenvalue weighted by atomic mass is 10.0. The van der Waals surface area contributed by atoms with Gasteiger partial charge in [0.2, 0.25) is 0 Å². The first-order valence-electron chi connectivity index (χ1n) is 11.0. The molecule has 0 saturated carbocycles. The minimum Gasteiger partial charge on any atom is -0.494 e. The maximum absolute atomic E-state index is 13.7. The first-order chi connectivity index (χ1) is 16.6. The number of anilines is 1. The first kappa shape index (κ1) is 21.8. The van der Waals surface area contributed by atoms with Crippen molar-refractivity contribution in [1.82, 2.24) is 9.97 Å². The zero-order valence-electron chi connectivity index (χ0n) is 18.9. The van der Waals surface area contributed by atoms with Gasteiger partial charge < -0.3 is 4.74 Å². The molecular formula is C28H23N3O2S. The van der Waals surface area contributed by atoms with Crippen molar-refractivity contribution >= 4 is 32.6 Å². The number of carbonyl (C=O) groups excluding carboxylic acids is 1. The van der Waals surface area contributed by atoms with E-state index in [4.69, 9.17) is 9.72 Å². The second-order valence-electron chi connectivity index (χ2n) is 7.91. The number of methoxy groups -OCH3 is 1. The molecule has 168 valence electrons. The molecule has 5 nitrogen and oxygen atoms in total. The highest BCUT2D eigenvalue weighted by Crippen LogP contribution is 2.37. The normalized spacial score (nSPS) is 10.9. The zero-order chi connectivity index (χ0) is 23.5. The molecule has 0 saturated heterocycles. The number of rotatable bonds is 6. The molecule has 0 radical (unpaired) electrons. The third kappa shape index (κ3) is 4.28. The van der Waals surface area contributed by atoms with E-state index in [0.29, 0.717) is 23.0 Å². The van der Waals surface area contributed by atoms with Crippen molar-refractivity contribution in [2.75, 3.05) is 12.0 Å². The summed E-state index contributed by atoms with van der Waals surface area (Å²) >= 11 is 1.49. The molecule has 0 spiro atoms.